The molecule has 2 rings (SSSR count). The van der Waals surface area contributed by atoms with Crippen molar-refractivity contribution >= 4 is 40.5 Å². The van der Waals surface area contributed by atoms with Gasteiger partial charge in [0.25, 0.3) is 5.91 Å². The normalized spacial score (nSPS) is 10.7. The second-order valence-electron chi connectivity index (χ2n) is 5.08. The number of benzene rings is 2. The lowest BCUT2D eigenvalue weighted by Gasteiger charge is -2.10. The molecule has 0 aliphatic carbocycles. The van der Waals surface area contributed by atoms with E-state index in [0.29, 0.717) is 32.9 Å². The molecular formula is C16H16Cl2N2O. The zero-order valence-electron chi connectivity index (χ0n) is 11.8. The number of nitrogen functional groups attached to an aromatic ring is 1. The zero-order valence-corrected chi connectivity index (χ0v) is 13.3. The number of anilines is 2. The molecule has 1 amide bonds. The van der Waals surface area contributed by atoms with Crippen molar-refractivity contribution in [3.05, 3.63) is 57.6 Å². The molecule has 0 atom stereocenters. The van der Waals surface area contributed by atoms with E-state index in [-0.39, 0.29) is 5.91 Å². The molecule has 2 aromatic carbocycles. The SMILES string of the molecule is CC(C)c1ccc(C(=O)Nc2cc(Cl)c(N)cc2Cl)cc1. The highest BCUT2D eigenvalue weighted by molar-refractivity contribution is 6.37. The van der Waals surface area contributed by atoms with Gasteiger partial charge in [-0.1, -0.05) is 49.2 Å². The Morgan fingerprint density at radius 3 is 2.29 bits per heavy atom. The molecule has 0 saturated carbocycles. The first-order valence-corrected chi connectivity index (χ1v) is 7.30. The van der Waals surface area contributed by atoms with Crippen LogP contribution in [0.25, 0.3) is 0 Å². The summed E-state index contributed by atoms with van der Waals surface area (Å²) in [7, 11) is 0. The minimum absolute atomic E-state index is 0.243. The van der Waals surface area contributed by atoms with Crippen LogP contribution in [0, 0.1) is 0 Å². The van der Waals surface area contributed by atoms with Crippen LogP contribution in [0.5, 0.6) is 0 Å². The van der Waals surface area contributed by atoms with Crippen molar-refractivity contribution in [3.8, 4) is 0 Å². The minimum atomic E-state index is -0.243. The molecule has 0 aliphatic rings. The second kappa shape index (κ2) is 6.37. The first-order chi connectivity index (χ1) is 9.88. The van der Waals surface area contributed by atoms with Crippen molar-refractivity contribution in [1.29, 1.82) is 0 Å². The fourth-order valence-electron chi connectivity index (χ4n) is 1.87. The van der Waals surface area contributed by atoms with Gasteiger partial charge in [-0.05, 0) is 35.7 Å². The van der Waals surface area contributed by atoms with E-state index in [9.17, 15) is 4.79 Å². The topological polar surface area (TPSA) is 55.1 Å². The number of rotatable bonds is 3. The smallest absolute Gasteiger partial charge is 0.255 e. The highest BCUT2D eigenvalue weighted by atomic mass is 35.5. The Labute approximate surface area is 134 Å². The number of halogens is 2. The van der Waals surface area contributed by atoms with E-state index in [2.05, 4.69) is 19.2 Å². The summed E-state index contributed by atoms with van der Waals surface area (Å²) in [5, 5.41) is 3.44. The number of carbonyl (C=O) groups is 1. The fraction of sp³-hybridized carbons (Fsp3) is 0.188. The molecule has 2 aromatic rings. The van der Waals surface area contributed by atoms with E-state index >= 15 is 0 Å². The number of nitrogens with two attached hydrogens (primary N) is 1. The van der Waals surface area contributed by atoms with Gasteiger partial charge in [0.05, 0.1) is 21.4 Å². The van der Waals surface area contributed by atoms with Crippen LogP contribution in [0.2, 0.25) is 10.0 Å². The van der Waals surface area contributed by atoms with Gasteiger partial charge >= 0.3 is 0 Å². The Morgan fingerprint density at radius 1 is 1.10 bits per heavy atom. The summed E-state index contributed by atoms with van der Waals surface area (Å²) in [5.41, 5.74) is 8.20. The first-order valence-electron chi connectivity index (χ1n) is 6.54. The van der Waals surface area contributed by atoms with Crippen molar-refractivity contribution in [2.75, 3.05) is 11.1 Å². The van der Waals surface area contributed by atoms with Gasteiger partial charge in [-0.3, -0.25) is 4.79 Å². The average molecular weight is 323 g/mol. The average Bonchev–Trinajstić information content (AvgIpc) is 2.44. The first kappa shape index (κ1) is 15.7. The molecule has 0 aliphatic heterocycles. The third-order valence-electron chi connectivity index (χ3n) is 3.17. The van der Waals surface area contributed by atoms with Crippen LogP contribution in [-0.4, -0.2) is 5.91 Å². The summed E-state index contributed by atoms with van der Waals surface area (Å²) >= 11 is 12.0. The lowest BCUT2D eigenvalue weighted by molar-refractivity contribution is 0.102. The molecule has 0 unspecified atom stereocenters. The van der Waals surface area contributed by atoms with Crippen LogP contribution < -0.4 is 11.1 Å². The summed E-state index contributed by atoms with van der Waals surface area (Å²) in [6.45, 7) is 4.20. The van der Waals surface area contributed by atoms with Crippen LogP contribution >= 0.6 is 23.2 Å². The maximum absolute atomic E-state index is 12.2. The van der Waals surface area contributed by atoms with E-state index in [1.807, 2.05) is 12.1 Å². The van der Waals surface area contributed by atoms with Crippen molar-refractivity contribution < 1.29 is 4.79 Å². The Morgan fingerprint density at radius 2 is 1.71 bits per heavy atom. The molecule has 3 nitrogen and oxygen atoms in total. The molecule has 0 fully saturated rings. The molecule has 0 aromatic heterocycles. The van der Waals surface area contributed by atoms with Crippen molar-refractivity contribution in [2.24, 2.45) is 0 Å². The fourth-order valence-corrected chi connectivity index (χ4v) is 2.25. The lowest BCUT2D eigenvalue weighted by atomic mass is 10.0. The number of hydrogen-bond acceptors (Lipinski definition) is 2. The zero-order chi connectivity index (χ0) is 15.6. The molecule has 21 heavy (non-hydrogen) atoms. The van der Waals surface area contributed by atoms with Crippen LogP contribution in [0.3, 0.4) is 0 Å². The van der Waals surface area contributed by atoms with Gasteiger partial charge in [-0.25, -0.2) is 0 Å². The molecule has 0 bridgehead atoms. The van der Waals surface area contributed by atoms with Gasteiger partial charge < -0.3 is 11.1 Å². The van der Waals surface area contributed by atoms with E-state index in [1.165, 1.54) is 11.6 Å². The van der Waals surface area contributed by atoms with Crippen molar-refractivity contribution in [1.82, 2.24) is 0 Å². The van der Waals surface area contributed by atoms with Crippen molar-refractivity contribution in [3.63, 3.8) is 0 Å². The Balaban J connectivity index is 2.20. The Kier molecular flexibility index (Phi) is 4.76. The van der Waals surface area contributed by atoms with Gasteiger partial charge in [-0.2, -0.15) is 0 Å². The molecule has 0 spiro atoms. The van der Waals surface area contributed by atoms with E-state index in [0.717, 1.165) is 0 Å². The Bertz CT molecular complexity index is 667. The predicted octanol–water partition coefficient (Wildman–Crippen LogP) is 4.95. The summed E-state index contributed by atoms with van der Waals surface area (Å²) < 4.78 is 0. The predicted molar refractivity (Wildman–Crippen MR) is 89.4 cm³/mol. The number of hydrogen-bond donors (Lipinski definition) is 2. The van der Waals surface area contributed by atoms with E-state index < -0.39 is 0 Å². The number of amides is 1. The molecule has 0 radical (unpaired) electrons. The van der Waals surface area contributed by atoms with Crippen LogP contribution in [0.15, 0.2) is 36.4 Å². The van der Waals surface area contributed by atoms with Crippen LogP contribution in [0.4, 0.5) is 11.4 Å². The lowest BCUT2D eigenvalue weighted by Crippen LogP contribution is -2.12. The quantitative estimate of drug-likeness (QED) is 0.785. The Hall–Kier alpha value is -1.71. The van der Waals surface area contributed by atoms with Crippen molar-refractivity contribution in [2.45, 2.75) is 19.8 Å². The molecule has 5 heteroatoms. The van der Waals surface area contributed by atoms with Gasteiger partial charge in [0, 0.05) is 5.56 Å². The summed E-state index contributed by atoms with van der Waals surface area (Å²) in [6.07, 6.45) is 0. The van der Waals surface area contributed by atoms with E-state index in [4.69, 9.17) is 28.9 Å². The number of nitrogens with one attached hydrogen (secondary N) is 1. The largest absolute Gasteiger partial charge is 0.397 e. The second-order valence-corrected chi connectivity index (χ2v) is 5.90. The van der Waals surface area contributed by atoms with Gasteiger partial charge in [0.1, 0.15) is 0 Å². The number of carbonyl (C=O) groups excluding carboxylic acids is 1. The van der Waals surface area contributed by atoms with Gasteiger partial charge in [-0.15, -0.1) is 0 Å². The van der Waals surface area contributed by atoms with E-state index in [1.54, 1.807) is 18.2 Å². The maximum atomic E-state index is 12.2. The van der Waals surface area contributed by atoms with Gasteiger partial charge in [0.2, 0.25) is 0 Å². The van der Waals surface area contributed by atoms with Crippen LogP contribution in [-0.2, 0) is 0 Å². The highest BCUT2D eigenvalue weighted by Crippen LogP contribution is 2.31. The summed E-state index contributed by atoms with van der Waals surface area (Å²) in [4.78, 5) is 12.2. The highest BCUT2D eigenvalue weighted by Gasteiger charge is 2.11. The third kappa shape index (κ3) is 3.69. The maximum Gasteiger partial charge on any atom is 0.255 e. The minimum Gasteiger partial charge on any atom is -0.397 e. The molecule has 0 heterocycles. The monoisotopic (exact) mass is 322 g/mol. The molecular weight excluding hydrogens is 307 g/mol. The third-order valence-corrected chi connectivity index (χ3v) is 3.81. The summed E-state index contributed by atoms with van der Waals surface area (Å²) in [5.74, 6) is 0.181. The van der Waals surface area contributed by atoms with Crippen LogP contribution in [0.1, 0.15) is 35.7 Å². The molecule has 0 saturated heterocycles. The molecule has 3 N–H and O–H groups in total. The molecule has 110 valence electrons. The van der Waals surface area contributed by atoms with Gasteiger partial charge in [0.15, 0.2) is 0 Å². The summed E-state index contributed by atoms with van der Waals surface area (Å²) in [6, 6.07) is 10.5. The standard InChI is InChI=1S/C16H16Cl2N2O/c1-9(2)10-3-5-11(6-4-10)16(21)20-15-8-12(17)14(19)7-13(15)18/h3-9H,19H2,1-2H3,(H,20,21).